The van der Waals surface area contributed by atoms with E-state index in [0.29, 0.717) is 5.56 Å². The molecule has 1 amide bonds. The number of rotatable bonds is 4. The Morgan fingerprint density at radius 3 is 2.57 bits per heavy atom. The smallest absolute Gasteiger partial charge is 0.255 e. The van der Waals surface area contributed by atoms with Crippen LogP contribution in [0, 0.1) is 12.7 Å². The number of benzene rings is 2. The minimum absolute atomic E-state index is 0.0299. The maximum Gasteiger partial charge on any atom is 0.255 e. The second kappa shape index (κ2) is 6.37. The number of phenolic OH excluding ortho intramolecular Hbond substituents is 1. The molecule has 21 heavy (non-hydrogen) atoms. The summed E-state index contributed by atoms with van der Waals surface area (Å²) in [5, 5.41) is 22.1. The van der Waals surface area contributed by atoms with E-state index in [1.807, 2.05) is 6.92 Å². The first-order valence-corrected chi connectivity index (χ1v) is 6.48. The van der Waals surface area contributed by atoms with E-state index in [1.54, 1.807) is 12.1 Å². The number of hydrogen-bond donors (Lipinski definition) is 3. The van der Waals surface area contributed by atoms with Gasteiger partial charge in [-0.2, -0.15) is 0 Å². The van der Waals surface area contributed by atoms with E-state index in [9.17, 15) is 19.4 Å². The van der Waals surface area contributed by atoms with E-state index >= 15 is 0 Å². The van der Waals surface area contributed by atoms with Crippen molar-refractivity contribution < 1.29 is 19.4 Å². The Labute approximate surface area is 121 Å². The van der Waals surface area contributed by atoms with E-state index < -0.39 is 12.0 Å². The zero-order valence-corrected chi connectivity index (χ0v) is 11.5. The normalized spacial score (nSPS) is 12.0. The molecule has 0 aromatic heterocycles. The van der Waals surface area contributed by atoms with Crippen molar-refractivity contribution in [2.45, 2.75) is 13.0 Å². The van der Waals surface area contributed by atoms with Gasteiger partial charge < -0.3 is 15.5 Å². The highest BCUT2D eigenvalue weighted by molar-refractivity contribution is 5.97. The number of carbonyl (C=O) groups is 1. The van der Waals surface area contributed by atoms with Gasteiger partial charge in [0.15, 0.2) is 0 Å². The van der Waals surface area contributed by atoms with Gasteiger partial charge in [0.2, 0.25) is 0 Å². The summed E-state index contributed by atoms with van der Waals surface area (Å²) in [5.74, 6) is -0.980. The van der Waals surface area contributed by atoms with Gasteiger partial charge in [-0.15, -0.1) is 0 Å². The van der Waals surface area contributed by atoms with Crippen LogP contribution in [0.2, 0.25) is 0 Å². The zero-order valence-electron chi connectivity index (χ0n) is 11.5. The van der Waals surface area contributed by atoms with Crippen molar-refractivity contribution in [2.24, 2.45) is 0 Å². The van der Waals surface area contributed by atoms with E-state index in [-0.39, 0.29) is 23.7 Å². The zero-order chi connectivity index (χ0) is 15.4. The number of phenols is 1. The van der Waals surface area contributed by atoms with Gasteiger partial charge >= 0.3 is 0 Å². The summed E-state index contributed by atoms with van der Waals surface area (Å²) >= 11 is 0. The Morgan fingerprint density at radius 2 is 1.90 bits per heavy atom. The quantitative estimate of drug-likeness (QED) is 0.809. The Bertz CT molecular complexity index is 640. The lowest BCUT2D eigenvalue weighted by Crippen LogP contribution is -2.28. The molecular formula is C16H16FNO3. The molecule has 0 saturated carbocycles. The van der Waals surface area contributed by atoms with Crippen LogP contribution >= 0.6 is 0 Å². The van der Waals surface area contributed by atoms with Crippen LogP contribution < -0.4 is 5.32 Å². The van der Waals surface area contributed by atoms with Crippen molar-refractivity contribution >= 4 is 5.91 Å². The fourth-order valence-electron chi connectivity index (χ4n) is 1.92. The SMILES string of the molecule is Cc1ccc(O)c(C(=O)NCC(O)c2ccc(F)cc2)c1. The molecule has 5 heteroatoms. The molecule has 1 atom stereocenters. The third-order valence-corrected chi connectivity index (χ3v) is 3.11. The molecule has 0 heterocycles. The Kier molecular flexibility index (Phi) is 4.55. The van der Waals surface area contributed by atoms with Crippen LogP contribution in [0.4, 0.5) is 4.39 Å². The van der Waals surface area contributed by atoms with Crippen LogP contribution in [0.25, 0.3) is 0 Å². The second-order valence-electron chi connectivity index (χ2n) is 4.80. The Balaban J connectivity index is 2.00. The maximum absolute atomic E-state index is 12.8. The van der Waals surface area contributed by atoms with Crippen LogP contribution in [0.3, 0.4) is 0 Å². The number of aryl methyl sites for hydroxylation is 1. The topological polar surface area (TPSA) is 69.6 Å². The first-order chi connectivity index (χ1) is 9.97. The third-order valence-electron chi connectivity index (χ3n) is 3.11. The number of hydrogen-bond acceptors (Lipinski definition) is 3. The molecule has 0 aliphatic carbocycles. The summed E-state index contributed by atoms with van der Waals surface area (Å²) in [5.41, 5.74) is 1.50. The van der Waals surface area contributed by atoms with Gasteiger partial charge in [0, 0.05) is 6.54 Å². The molecule has 2 aromatic carbocycles. The predicted octanol–water partition coefficient (Wildman–Crippen LogP) is 2.30. The van der Waals surface area contributed by atoms with Crippen molar-refractivity contribution in [1.29, 1.82) is 0 Å². The summed E-state index contributed by atoms with van der Waals surface area (Å²) in [7, 11) is 0. The van der Waals surface area contributed by atoms with E-state index in [4.69, 9.17) is 0 Å². The Hall–Kier alpha value is -2.40. The highest BCUT2D eigenvalue weighted by Gasteiger charge is 2.14. The van der Waals surface area contributed by atoms with Crippen molar-refractivity contribution in [3.8, 4) is 5.75 Å². The lowest BCUT2D eigenvalue weighted by molar-refractivity contribution is 0.0913. The fraction of sp³-hybridized carbons (Fsp3) is 0.188. The molecule has 2 aromatic rings. The molecule has 4 nitrogen and oxygen atoms in total. The molecule has 0 aliphatic rings. The highest BCUT2D eigenvalue weighted by Crippen LogP contribution is 2.18. The standard InChI is InChI=1S/C16H16FNO3/c1-10-2-7-14(19)13(8-10)16(21)18-9-15(20)11-3-5-12(17)6-4-11/h2-8,15,19-20H,9H2,1H3,(H,18,21). The number of carbonyl (C=O) groups excluding carboxylic acids is 1. The number of aromatic hydroxyl groups is 1. The van der Waals surface area contributed by atoms with E-state index in [1.165, 1.54) is 30.3 Å². The number of aliphatic hydroxyl groups excluding tert-OH is 1. The average molecular weight is 289 g/mol. The lowest BCUT2D eigenvalue weighted by Gasteiger charge is -2.13. The van der Waals surface area contributed by atoms with Gasteiger partial charge in [-0.3, -0.25) is 4.79 Å². The summed E-state index contributed by atoms with van der Waals surface area (Å²) in [4.78, 5) is 12.0. The van der Waals surface area contributed by atoms with Gasteiger partial charge in [-0.1, -0.05) is 23.8 Å². The molecule has 0 spiro atoms. The number of halogens is 1. The van der Waals surface area contributed by atoms with E-state index in [0.717, 1.165) is 5.56 Å². The first-order valence-electron chi connectivity index (χ1n) is 6.48. The van der Waals surface area contributed by atoms with E-state index in [2.05, 4.69) is 5.32 Å². The number of nitrogens with one attached hydrogen (secondary N) is 1. The molecule has 0 bridgehead atoms. The van der Waals surface area contributed by atoms with Gasteiger partial charge in [-0.25, -0.2) is 4.39 Å². The summed E-state index contributed by atoms with van der Waals surface area (Å²) in [6.45, 7) is 1.78. The highest BCUT2D eigenvalue weighted by atomic mass is 19.1. The van der Waals surface area contributed by atoms with Crippen LogP contribution in [0.5, 0.6) is 5.75 Å². The van der Waals surface area contributed by atoms with Crippen LogP contribution in [0.1, 0.15) is 27.6 Å². The van der Waals surface area contributed by atoms with Crippen molar-refractivity contribution in [2.75, 3.05) is 6.54 Å². The molecule has 0 aliphatic heterocycles. The molecule has 1 unspecified atom stereocenters. The molecule has 0 saturated heterocycles. The van der Waals surface area contributed by atoms with Gasteiger partial charge in [0.25, 0.3) is 5.91 Å². The number of amides is 1. The second-order valence-corrected chi connectivity index (χ2v) is 4.80. The lowest BCUT2D eigenvalue weighted by atomic mass is 10.1. The third kappa shape index (κ3) is 3.79. The molecule has 2 rings (SSSR count). The number of aliphatic hydroxyl groups is 1. The summed E-state index contributed by atoms with van der Waals surface area (Å²) in [6, 6.07) is 10.1. The minimum Gasteiger partial charge on any atom is -0.507 e. The van der Waals surface area contributed by atoms with Crippen LogP contribution in [-0.2, 0) is 0 Å². The summed E-state index contributed by atoms with van der Waals surface area (Å²) < 4.78 is 12.8. The largest absolute Gasteiger partial charge is 0.507 e. The summed E-state index contributed by atoms with van der Waals surface area (Å²) in [6.07, 6.45) is -0.943. The fourth-order valence-corrected chi connectivity index (χ4v) is 1.92. The van der Waals surface area contributed by atoms with Crippen molar-refractivity contribution in [1.82, 2.24) is 5.32 Å². The van der Waals surface area contributed by atoms with Crippen LogP contribution in [0.15, 0.2) is 42.5 Å². The Morgan fingerprint density at radius 1 is 1.24 bits per heavy atom. The van der Waals surface area contributed by atoms with Crippen molar-refractivity contribution in [3.05, 3.63) is 65.0 Å². The first kappa shape index (κ1) is 15.0. The van der Waals surface area contributed by atoms with Gasteiger partial charge in [-0.05, 0) is 36.8 Å². The monoisotopic (exact) mass is 289 g/mol. The molecule has 110 valence electrons. The molecule has 0 radical (unpaired) electrons. The average Bonchev–Trinajstić information content (AvgIpc) is 2.47. The molecule has 0 fully saturated rings. The predicted molar refractivity (Wildman–Crippen MR) is 76.5 cm³/mol. The molecule has 3 N–H and O–H groups in total. The van der Waals surface area contributed by atoms with Gasteiger partial charge in [0.1, 0.15) is 11.6 Å². The van der Waals surface area contributed by atoms with Crippen LogP contribution in [-0.4, -0.2) is 22.7 Å². The van der Waals surface area contributed by atoms with Gasteiger partial charge in [0.05, 0.1) is 11.7 Å². The minimum atomic E-state index is -0.943. The molecular weight excluding hydrogens is 273 g/mol. The maximum atomic E-state index is 12.8. The van der Waals surface area contributed by atoms with Crippen molar-refractivity contribution in [3.63, 3.8) is 0 Å².